The van der Waals surface area contributed by atoms with Gasteiger partial charge in [0.1, 0.15) is 7.85 Å². The Hall–Kier alpha value is -3.27. The number of nitrogens with zero attached hydrogens (tertiary/aromatic N) is 1. The van der Waals surface area contributed by atoms with Gasteiger partial charge in [-0.3, -0.25) is 24.5 Å². The topological polar surface area (TPSA) is 95.6 Å². The standard InChI is InChI=1S/C22H19BClF2N3O4/c23-21(8-7-17(30)28-19(21)32)29-11-13-9-12(1-6-16(13)18(29)31)10-27-20(33)22(25,26)14-2-4-15(24)5-3-14/h1-6,9H,7-8,10-11,23H2,(H,27,33)(H,28,30,32)/t21-/m1/s1. The van der Waals surface area contributed by atoms with Crippen LogP contribution in [0.4, 0.5) is 8.78 Å². The molecule has 2 aliphatic heterocycles. The third kappa shape index (κ3) is 4.10. The van der Waals surface area contributed by atoms with Crippen LogP contribution in [0, 0.1) is 0 Å². The molecule has 0 aromatic heterocycles. The van der Waals surface area contributed by atoms with Crippen LogP contribution in [-0.4, -0.2) is 41.8 Å². The van der Waals surface area contributed by atoms with Gasteiger partial charge in [-0.1, -0.05) is 35.9 Å². The second-order valence-corrected chi connectivity index (χ2v) is 8.73. The summed E-state index contributed by atoms with van der Waals surface area (Å²) in [5.41, 5.74) is -0.113. The molecule has 33 heavy (non-hydrogen) atoms. The second kappa shape index (κ2) is 8.26. The summed E-state index contributed by atoms with van der Waals surface area (Å²) in [6.07, 6.45) is 0.335. The summed E-state index contributed by atoms with van der Waals surface area (Å²) in [4.78, 5) is 50.4. The van der Waals surface area contributed by atoms with Crippen molar-refractivity contribution < 1.29 is 28.0 Å². The number of nitrogens with one attached hydrogen (secondary N) is 2. The zero-order valence-electron chi connectivity index (χ0n) is 17.6. The number of piperidine rings is 1. The van der Waals surface area contributed by atoms with Crippen molar-refractivity contribution in [2.45, 2.75) is 37.3 Å². The van der Waals surface area contributed by atoms with E-state index in [9.17, 15) is 28.0 Å². The molecule has 1 atom stereocenters. The molecule has 2 aromatic carbocycles. The van der Waals surface area contributed by atoms with Gasteiger partial charge in [0.15, 0.2) is 0 Å². The Morgan fingerprint density at radius 1 is 1.18 bits per heavy atom. The lowest BCUT2D eigenvalue weighted by molar-refractivity contribution is -0.147. The van der Waals surface area contributed by atoms with Crippen LogP contribution in [0.3, 0.4) is 0 Å². The van der Waals surface area contributed by atoms with Gasteiger partial charge in [-0.25, -0.2) is 0 Å². The van der Waals surface area contributed by atoms with E-state index in [-0.39, 0.29) is 42.8 Å². The number of amides is 4. The fourth-order valence-corrected chi connectivity index (χ4v) is 4.14. The first-order chi connectivity index (χ1) is 15.5. The first-order valence-corrected chi connectivity index (χ1v) is 10.6. The summed E-state index contributed by atoms with van der Waals surface area (Å²) in [6, 6.07) is 9.50. The largest absolute Gasteiger partial charge is 0.349 e. The Morgan fingerprint density at radius 3 is 2.55 bits per heavy atom. The normalized spacial score (nSPS) is 20.5. The van der Waals surface area contributed by atoms with Gasteiger partial charge in [-0.05, 0) is 35.7 Å². The van der Waals surface area contributed by atoms with Gasteiger partial charge in [0.05, 0.1) is 5.44 Å². The molecular weight excluding hydrogens is 455 g/mol. The molecule has 4 amide bonds. The van der Waals surface area contributed by atoms with E-state index < -0.39 is 28.7 Å². The van der Waals surface area contributed by atoms with Crippen LogP contribution < -0.4 is 10.6 Å². The highest BCUT2D eigenvalue weighted by Crippen LogP contribution is 2.33. The lowest BCUT2D eigenvalue weighted by Gasteiger charge is -2.39. The maximum absolute atomic E-state index is 14.5. The smallest absolute Gasteiger partial charge is 0.346 e. The Morgan fingerprint density at radius 2 is 1.88 bits per heavy atom. The van der Waals surface area contributed by atoms with E-state index in [1.807, 2.05) is 0 Å². The molecule has 0 bridgehead atoms. The Bertz CT molecular complexity index is 1170. The number of fused-ring (bicyclic) bond motifs is 1. The van der Waals surface area contributed by atoms with Crippen LogP contribution >= 0.6 is 11.6 Å². The third-order valence-electron chi connectivity index (χ3n) is 6.10. The van der Waals surface area contributed by atoms with Gasteiger partial charge in [0.2, 0.25) is 11.8 Å². The average Bonchev–Trinajstić information content (AvgIpc) is 3.11. The predicted octanol–water partition coefficient (Wildman–Crippen LogP) is 1.47. The van der Waals surface area contributed by atoms with E-state index in [2.05, 4.69) is 10.6 Å². The fraction of sp³-hybridized carbons (Fsp3) is 0.273. The van der Waals surface area contributed by atoms with Gasteiger partial charge in [-0.2, -0.15) is 8.78 Å². The van der Waals surface area contributed by atoms with Crippen LogP contribution in [-0.2, 0) is 33.4 Å². The summed E-state index contributed by atoms with van der Waals surface area (Å²) in [5, 5.41) is 4.78. The van der Waals surface area contributed by atoms with Crippen LogP contribution in [0.15, 0.2) is 42.5 Å². The zero-order valence-corrected chi connectivity index (χ0v) is 18.3. The van der Waals surface area contributed by atoms with Gasteiger partial charge < -0.3 is 10.2 Å². The van der Waals surface area contributed by atoms with E-state index in [0.29, 0.717) is 16.7 Å². The second-order valence-electron chi connectivity index (χ2n) is 8.30. The molecule has 0 spiro atoms. The first kappa shape index (κ1) is 22.9. The average molecular weight is 474 g/mol. The molecule has 1 saturated heterocycles. The monoisotopic (exact) mass is 473 g/mol. The minimum Gasteiger partial charge on any atom is -0.346 e. The lowest BCUT2D eigenvalue weighted by atomic mass is 9.70. The van der Waals surface area contributed by atoms with Crippen LogP contribution in [0.1, 0.15) is 39.9 Å². The summed E-state index contributed by atoms with van der Waals surface area (Å²) in [6.45, 7) is -0.0370. The Kier molecular flexibility index (Phi) is 5.73. The van der Waals surface area contributed by atoms with Crippen molar-refractivity contribution in [2.75, 3.05) is 0 Å². The molecule has 4 rings (SSSR count). The van der Waals surface area contributed by atoms with Crippen molar-refractivity contribution >= 4 is 43.1 Å². The van der Waals surface area contributed by atoms with Crippen molar-refractivity contribution in [2.24, 2.45) is 0 Å². The minimum atomic E-state index is -3.74. The molecule has 0 radical (unpaired) electrons. The molecule has 0 saturated carbocycles. The molecule has 11 heteroatoms. The van der Waals surface area contributed by atoms with Crippen LogP contribution in [0.5, 0.6) is 0 Å². The van der Waals surface area contributed by atoms with Gasteiger partial charge in [0.25, 0.3) is 11.8 Å². The fourth-order valence-electron chi connectivity index (χ4n) is 4.02. The van der Waals surface area contributed by atoms with Crippen molar-refractivity contribution in [1.82, 2.24) is 15.5 Å². The molecule has 2 N–H and O–H groups in total. The summed E-state index contributed by atoms with van der Waals surface area (Å²) < 4.78 is 28.9. The lowest BCUT2D eigenvalue weighted by Crippen LogP contribution is -2.63. The van der Waals surface area contributed by atoms with Crippen LogP contribution in [0.25, 0.3) is 0 Å². The number of alkyl halides is 2. The molecule has 2 aromatic rings. The van der Waals surface area contributed by atoms with Crippen molar-refractivity contribution in [3.63, 3.8) is 0 Å². The highest BCUT2D eigenvalue weighted by atomic mass is 35.5. The van der Waals surface area contributed by atoms with E-state index in [1.54, 1.807) is 26.0 Å². The molecule has 0 aliphatic carbocycles. The quantitative estimate of drug-likeness (QED) is 0.508. The third-order valence-corrected chi connectivity index (χ3v) is 6.35. The number of imide groups is 1. The molecule has 1 fully saturated rings. The molecule has 0 unspecified atom stereocenters. The number of carbonyl (C=O) groups excluding carboxylic acids is 4. The summed E-state index contributed by atoms with van der Waals surface area (Å²) in [5.74, 6) is -6.46. The summed E-state index contributed by atoms with van der Waals surface area (Å²) in [7, 11) is 1.61. The minimum absolute atomic E-state index is 0.126. The number of hydrogen-bond donors (Lipinski definition) is 2. The molecule has 2 heterocycles. The SMILES string of the molecule is B[C@@]1(N2Cc3cc(CNC(=O)C(F)(F)c4ccc(Cl)cc4)ccc3C2=O)CCC(=O)NC1=O. The predicted molar refractivity (Wildman–Crippen MR) is 117 cm³/mol. The van der Waals surface area contributed by atoms with Gasteiger partial charge in [-0.15, -0.1) is 0 Å². The molecule has 2 aliphatic rings. The van der Waals surface area contributed by atoms with E-state index in [0.717, 1.165) is 12.1 Å². The molecule has 170 valence electrons. The molecular formula is C22H19BClF2N3O4. The Labute approximate surface area is 193 Å². The van der Waals surface area contributed by atoms with E-state index in [4.69, 9.17) is 11.6 Å². The van der Waals surface area contributed by atoms with Crippen molar-refractivity contribution in [1.29, 1.82) is 0 Å². The van der Waals surface area contributed by atoms with Gasteiger partial charge in [0, 0.05) is 35.7 Å². The highest BCUT2D eigenvalue weighted by Gasteiger charge is 2.48. The van der Waals surface area contributed by atoms with E-state index >= 15 is 0 Å². The zero-order chi connectivity index (χ0) is 24.0. The maximum atomic E-state index is 14.5. The number of hydrogen-bond acceptors (Lipinski definition) is 4. The number of rotatable bonds is 5. The van der Waals surface area contributed by atoms with E-state index in [1.165, 1.54) is 17.0 Å². The van der Waals surface area contributed by atoms with Crippen molar-refractivity contribution in [3.8, 4) is 0 Å². The van der Waals surface area contributed by atoms with Crippen molar-refractivity contribution in [3.05, 3.63) is 69.7 Å². The summed E-state index contributed by atoms with van der Waals surface area (Å²) >= 11 is 5.71. The first-order valence-electron chi connectivity index (χ1n) is 10.2. The highest BCUT2D eigenvalue weighted by molar-refractivity contribution is 6.32. The van der Waals surface area contributed by atoms with Gasteiger partial charge >= 0.3 is 5.92 Å². The van der Waals surface area contributed by atoms with Crippen LogP contribution in [0.2, 0.25) is 5.02 Å². The maximum Gasteiger partial charge on any atom is 0.349 e. The number of carbonyl (C=O) groups is 4. The Balaban J connectivity index is 1.46. The molecule has 7 nitrogen and oxygen atoms in total. The number of benzene rings is 2. The number of halogens is 3.